The quantitative estimate of drug-likeness (QED) is 0.371. The second-order valence-corrected chi connectivity index (χ2v) is 7.89. The minimum absolute atomic E-state index is 0.0226. The van der Waals surface area contributed by atoms with E-state index in [0.29, 0.717) is 21.9 Å². The number of aliphatic hydroxyl groups excluding tert-OH is 1. The number of aliphatic hydroxyl groups is 1. The lowest BCUT2D eigenvalue weighted by molar-refractivity contribution is -0.132. The van der Waals surface area contributed by atoms with Gasteiger partial charge < -0.3 is 14.5 Å². The van der Waals surface area contributed by atoms with Crippen molar-refractivity contribution in [1.82, 2.24) is 5.16 Å². The second-order valence-electron chi connectivity index (χ2n) is 7.46. The molecule has 3 aromatic rings. The SMILES string of the molecule is Cc1cc(N2C(=O)C(=O)/C(=C(\O)c3ccc(Cl)cc3)C2c2ccc(N(C)C)cc2)no1. The van der Waals surface area contributed by atoms with Gasteiger partial charge in [0.15, 0.2) is 5.82 Å². The van der Waals surface area contributed by atoms with E-state index in [0.717, 1.165) is 5.69 Å². The molecule has 0 aliphatic carbocycles. The molecule has 8 heteroatoms. The fraction of sp³-hybridized carbons (Fsp3) is 0.174. The van der Waals surface area contributed by atoms with Gasteiger partial charge in [0.1, 0.15) is 11.5 Å². The number of hydrogen-bond acceptors (Lipinski definition) is 6. The standard InChI is InChI=1S/C23H20ClN3O4/c1-13-12-18(25-31-13)27-20(14-6-10-17(11-7-14)26(2)3)19(22(29)23(27)30)21(28)15-4-8-16(24)9-5-15/h4-12,20,28H,1-3H3/b21-19-. The highest BCUT2D eigenvalue weighted by atomic mass is 35.5. The maximum absolute atomic E-state index is 13.0. The average Bonchev–Trinajstić information content (AvgIpc) is 3.29. The van der Waals surface area contributed by atoms with Gasteiger partial charge in [-0.05, 0) is 48.9 Å². The zero-order chi connectivity index (χ0) is 22.3. The number of aryl methyl sites for hydroxylation is 1. The monoisotopic (exact) mass is 437 g/mol. The minimum Gasteiger partial charge on any atom is -0.507 e. The zero-order valence-corrected chi connectivity index (χ0v) is 17.9. The van der Waals surface area contributed by atoms with E-state index >= 15 is 0 Å². The van der Waals surface area contributed by atoms with Crippen LogP contribution in [0.15, 0.2) is 64.7 Å². The number of hydrogen-bond donors (Lipinski definition) is 1. The Hall–Kier alpha value is -3.58. The Kier molecular flexibility index (Phi) is 5.29. The first-order valence-corrected chi connectivity index (χ1v) is 9.93. The van der Waals surface area contributed by atoms with Crippen molar-refractivity contribution in [2.75, 3.05) is 23.9 Å². The molecule has 1 aromatic heterocycles. The first-order chi connectivity index (χ1) is 14.8. The van der Waals surface area contributed by atoms with Crippen LogP contribution in [0.25, 0.3) is 5.76 Å². The number of halogens is 1. The van der Waals surface area contributed by atoms with Gasteiger partial charge in [-0.3, -0.25) is 14.5 Å². The molecule has 1 atom stereocenters. The van der Waals surface area contributed by atoms with Crippen LogP contribution in [0.4, 0.5) is 11.5 Å². The Morgan fingerprint density at radius 1 is 1.10 bits per heavy atom. The Balaban J connectivity index is 1.91. The van der Waals surface area contributed by atoms with Gasteiger partial charge in [-0.25, -0.2) is 0 Å². The molecule has 0 radical (unpaired) electrons. The third kappa shape index (κ3) is 3.68. The summed E-state index contributed by atoms with van der Waals surface area (Å²) in [4.78, 5) is 29.2. The number of anilines is 2. The normalized spacial score (nSPS) is 17.9. The van der Waals surface area contributed by atoms with E-state index in [-0.39, 0.29) is 17.2 Å². The van der Waals surface area contributed by atoms with Crippen molar-refractivity contribution in [2.45, 2.75) is 13.0 Å². The summed E-state index contributed by atoms with van der Waals surface area (Å²) in [5, 5.41) is 15.5. The number of aromatic nitrogens is 1. The summed E-state index contributed by atoms with van der Waals surface area (Å²) in [6.45, 7) is 1.70. The molecule has 1 aliphatic rings. The molecule has 1 saturated heterocycles. The summed E-state index contributed by atoms with van der Waals surface area (Å²) < 4.78 is 5.13. The largest absolute Gasteiger partial charge is 0.507 e. The van der Waals surface area contributed by atoms with E-state index in [4.69, 9.17) is 16.1 Å². The van der Waals surface area contributed by atoms with Crippen LogP contribution in [0.5, 0.6) is 0 Å². The van der Waals surface area contributed by atoms with Crippen LogP contribution in [0.1, 0.15) is 22.9 Å². The van der Waals surface area contributed by atoms with Gasteiger partial charge in [0.05, 0.1) is 11.6 Å². The topological polar surface area (TPSA) is 86.9 Å². The highest BCUT2D eigenvalue weighted by Crippen LogP contribution is 2.42. The average molecular weight is 438 g/mol. The lowest BCUT2D eigenvalue weighted by atomic mass is 9.95. The lowest BCUT2D eigenvalue weighted by Gasteiger charge is -2.23. The van der Waals surface area contributed by atoms with Crippen LogP contribution in [-0.2, 0) is 9.59 Å². The molecule has 0 saturated carbocycles. The molecule has 0 bridgehead atoms. The minimum atomic E-state index is -0.864. The van der Waals surface area contributed by atoms with Crippen molar-refractivity contribution < 1.29 is 19.2 Å². The zero-order valence-electron chi connectivity index (χ0n) is 17.2. The molecule has 1 unspecified atom stereocenters. The van der Waals surface area contributed by atoms with E-state index in [2.05, 4.69) is 5.16 Å². The summed E-state index contributed by atoms with van der Waals surface area (Å²) in [6, 6.07) is 14.5. The Bertz CT molecular complexity index is 1180. The van der Waals surface area contributed by atoms with Gasteiger partial charge in [-0.1, -0.05) is 28.9 Å². The summed E-state index contributed by atoms with van der Waals surface area (Å²) in [5.74, 6) is -1.16. The molecular weight excluding hydrogens is 418 g/mol. The van der Waals surface area contributed by atoms with Crippen LogP contribution in [-0.4, -0.2) is 36.0 Å². The predicted octanol–water partition coefficient (Wildman–Crippen LogP) is 4.33. The van der Waals surface area contributed by atoms with Crippen molar-refractivity contribution >= 4 is 40.6 Å². The van der Waals surface area contributed by atoms with Gasteiger partial charge >= 0.3 is 5.91 Å². The maximum Gasteiger partial charge on any atom is 0.301 e. The van der Waals surface area contributed by atoms with Crippen LogP contribution in [0, 0.1) is 6.92 Å². The molecule has 1 aliphatic heterocycles. The first-order valence-electron chi connectivity index (χ1n) is 9.55. The molecule has 1 fully saturated rings. The molecule has 1 N–H and O–H groups in total. The van der Waals surface area contributed by atoms with Gasteiger partial charge in [-0.2, -0.15) is 0 Å². The fourth-order valence-corrected chi connectivity index (χ4v) is 3.70. The predicted molar refractivity (Wildman–Crippen MR) is 118 cm³/mol. The molecule has 31 heavy (non-hydrogen) atoms. The van der Waals surface area contributed by atoms with Crippen LogP contribution >= 0.6 is 11.6 Å². The smallest absolute Gasteiger partial charge is 0.301 e. The molecule has 2 heterocycles. The highest BCUT2D eigenvalue weighted by molar-refractivity contribution is 6.51. The number of Topliss-reactive ketones (excluding diaryl/α,β-unsaturated/α-hetero) is 1. The molecule has 4 rings (SSSR count). The van der Waals surface area contributed by atoms with E-state index in [9.17, 15) is 14.7 Å². The van der Waals surface area contributed by atoms with Crippen molar-refractivity contribution in [3.05, 3.63) is 82.1 Å². The van der Waals surface area contributed by atoms with Gasteiger partial charge in [-0.15, -0.1) is 0 Å². The second kappa shape index (κ2) is 7.92. The highest BCUT2D eigenvalue weighted by Gasteiger charge is 2.48. The number of carbonyl (C=O) groups is 2. The van der Waals surface area contributed by atoms with Crippen molar-refractivity contribution in [1.29, 1.82) is 0 Å². The third-order valence-electron chi connectivity index (χ3n) is 5.15. The first kappa shape index (κ1) is 20.7. The van der Waals surface area contributed by atoms with Crippen LogP contribution < -0.4 is 9.80 Å². The van der Waals surface area contributed by atoms with Crippen molar-refractivity contribution in [3.63, 3.8) is 0 Å². The van der Waals surface area contributed by atoms with Crippen LogP contribution in [0.3, 0.4) is 0 Å². The van der Waals surface area contributed by atoms with E-state index in [1.807, 2.05) is 43.3 Å². The Morgan fingerprint density at radius 2 is 1.74 bits per heavy atom. The van der Waals surface area contributed by atoms with Crippen LogP contribution in [0.2, 0.25) is 5.02 Å². The maximum atomic E-state index is 13.0. The van der Waals surface area contributed by atoms with Crippen molar-refractivity contribution in [3.8, 4) is 0 Å². The van der Waals surface area contributed by atoms with Gasteiger partial charge in [0.2, 0.25) is 0 Å². The number of carbonyl (C=O) groups excluding carboxylic acids is 2. The number of nitrogens with zero attached hydrogens (tertiary/aromatic N) is 3. The molecule has 158 valence electrons. The summed E-state index contributed by atoms with van der Waals surface area (Å²) in [7, 11) is 3.83. The summed E-state index contributed by atoms with van der Waals surface area (Å²) in [5.41, 5.74) is 1.97. The number of amides is 1. The number of rotatable bonds is 4. The Morgan fingerprint density at radius 3 is 2.29 bits per heavy atom. The molecule has 2 aromatic carbocycles. The summed E-state index contributed by atoms with van der Waals surface area (Å²) >= 11 is 5.95. The molecular formula is C23H20ClN3O4. The fourth-order valence-electron chi connectivity index (χ4n) is 3.57. The Labute approximate surface area is 184 Å². The lowest BCUT2D eigenvalue weighted by Crippen LogP contribution is -2.29. The molecule has 0 spiro atoms. The number of ketones is 1. The van der Waals surface area contributed by atoms with Gasteiger partial charge in [0, 0.05) is 36.4 Å². The van der Waals surface area contributed by atoms with E-state index < -0.39 is 17.7 Å². The third-order valence-corrected chi connectivity index (χ3v) is 5.40. The summed E-state index contributed by atoms with van der Waals surface area (Å²) in [6.07, 6.45) is 0. The van der Waals surface area contributed by atoms with Gasteiger partial charge in [0.25, 0.3) is 5.78 Å². The number of benzene rings is 2. The van der Waals surface area contributed by atoms with E-state index in [1.54, 1.807) is 37.3 Å². The molecule has 7 nitrogen and oxygen atoms in total. The molecule has 1 amide bonds. The van der Waals surface area contributed by atoms with E-state index in [1.165, 1.54) is 4.90 Å². The van der Waals surface area contributed by atoms with Crippen molar-refractivity contribution in [2.24, 2.45) is 0 Å².